The third-order valence-electron chi connectivity index (χ3n) is 5.99. The van der Waals surface area contributed by atoms with Gasteiger partial charge in [-0.15, -0.1) is 0 Å². The Hall–Kier alpha value is -3.46. The molecule has 0 radical (unpaired) electrons. The number of hydrogen-bond acceptors (Lipinski definition) is 5. The smallest absolute Gasteiger partial charge is 0.265 e. The van der Waals surface area contributed by atoms with Crippen molar-refractivity contribution in [3.05, 3.63) is 82.5 Å². The van der Waals surface area contributed by atoms with E-state index in [1.807, 2.05) is 49.1 Å². The molecule has 0 bridgehead atoms. The van der Waals surface area contributed by atoms with Crippen molar-refractivity contribution < 1.29 is 9.18 Å². The van der Waals surface area contributed by atoms with Crippen LogP contribution in [0.2, 0.25) is 0 Å². The van der Waals surface area contributed by atoms with Crippen LogP contribution in [0, 0.1) is 5.82 Å². The number of hydrogen-bond donors (Lipinski definition) is 0. The zero-order valence-electron chi connectivity index (χ0n) is 18.9. The number of benzene rings is 2. The molecule has 0 N–H and O–H groups in total. The Balaban J connectivity index is 1.43. The number of halogens is 1. The number of carbonyl (C=O) groups is 1. The lowest BCUT2D eigenvalue weighted by Crippen LogP contribution is -2.38. The summed E-state index contributed by atoms with van der Waals surface area (Å²) in [6, 6.07) is 15.5. The minimum atomic E-state index is -0.347. The molecular weight excluding hydrogens is 453 g/mol. The summed E-state index contributed by atoms with van der Waals surface area (Å²) in [7, 11) is 0. The van der Waals surface area contributed by atoms with Crippen LogP contribution in [0.25, 0.3) is 16.7 Å². The summed E-state index contributed by atoms with van der Waals surface area (Å²) in [6.07, 6.45) is 1.71. The average molecular weight is 478 g/mol. The molecule has 174 valence electrons. The van der Waals surface area contributed by atoms with Gasteiger partial charge >= 0.3 is 0 Å². The molecule has 0 fully saturated rings. The number of thioether (sulfide) groups is 1. The number of amides is 1. The minimum absolute atomic E-state index is 0.00584. The summed E-state index contributed by atoms with van der Waals surface area (Å²) in [5.74, 6) is 0.258. The molecule has 1 amide bonds. The maximum absolute atomic E-state index is 13.4. The van der Waals surface area contributed by atoms with E-state index in [9.17, 15) is 14.0 Å². The monoisotopic (exact) mass is 477 g/mol. The molecule has 0 saturated carbocycles. The van der Waals surface area contributed by atoms with Crippen LogP contribution in [0.5, 0.6) is 0 Å². The Morgan fingerprint density at radius 2 is 1.91 bits per heavy atom. The molecule has 1 aliphatic rings. The maximum atomic E-state index is 13.4. The molecule has 1 aliphatic heterocycles. The lowest BCUT2D eigenvalue weighted by Gasteiger charge is -2.28. The van der Waals surface area contributed by atoms with Gasteiger partial charge < -0.3 is 4.90 Å². The van der Waals surface area contributed by atoms with Gasteiger partial charge in [0, 0.05) is 24.8 Å². The van der Waals surface area contributed by atoms with E-state index >= 15 is 0 Å². The highest BCUT2D eigenvalue weighted by molar-refractivity contribution is 7.99. The molecule has 3 heterocycles. The summed E-state index contributed by atoms with van der Waals surface area (Å²) in [6.45, 7) is 4.53. The molecule has 0 aliphatic carbocycles. The molecule has 9 heteroatoms. The molecule has 5 rings (SSSR count). The topological polar surface area (TPSA) is 73.0 Å². The molecule has 1 atom stereocenters. The molecular formula is C25H24FN5O2S. The molecule has 0 saturated heterocycles. The van der Waals surface area contributed by atoms with Gasteiger partial charge in [0.15, 0.2) is 10.8 Å². The fraction of sp³-hybridized carbons (Fsp3) is 0.280. The van der Waals surface area contributed by atoms with Crippen molar-refractivity contribution >= 4 is 28.7 Å². The first kappa shape index (κ1) is 22.3. The van der Waals surface area contributed by atoms with Gasteiger partial charge in [0.25, 0.3) is 5.56 Å². The van der Waals surface area contributed by atoms with Crippen LogP contribution in [0.3, 0.4) is 0 Å². The van der Waals surface area contributed by atoms with Gasteiger partial charge in [-0.05, 0) is 43.7 Å². The number of aromatic nitrogens is 4. The van der Waals surface area contributed by atoms with Crippen molar-refractivity contribution in [2.24, 2.45) is 0 Å². The highest BCUT2D eigenvalue weighted by Gasteiger charge is 2.31. The summed E-state index contributed by atoms with van der Waals surface area (Å²) in [5.41, 5.74) is 1.90. The van der Waals surface area contributed by atoms with Crippen LogP contribution in [0.15, 0.2) is 70.7 Å². The summed E-state index contributed by atoms with van der Waals surface area (Å²) in [5, 5.41) is 5.26. The van der Waals surface area contributed by atoms with Gasteiger partial charge in [-0.1, -0.05) is 42.1 Å². The zero-order valence-corrected chi connectivity index (χ0v) is 19.7. The first-order valence-corrected chi connectivity index (χ1v) is 12.1. The molecule has 7 nitrogen and oxygen atoms in total. The van der Waals surface area contributed by atoms with E-state index in [0.717, 1.165) is 5.56 Å². The Kier molecular flexibility index (Phi) is 5.95. The second-order valence-corrected chi connectivity index (χ2v) is 9.60. The van der Waals surface area contributed by atoms with Crippen molar-refractivity contribution in [3.8, 4) is 5.69 Å². The maximum Gasteiger partial charge on any atom is 0.265 e. The fourth-order valence-electron chi connectivity index (χ4n) is 4.21. The van der Waals surface area contributed by atoms with Gasteiger partial charge in [-0.3, -0.25) is 14.2 Å². The summed E-state index contributed by atoms with van der Waals surface area (Å²) < 4.78 is 16.5. The van der Waals surface area contributed by atoms with Crippen molar-refractivity contribution in [2.75, 3.05) is 5.75 Å². The predicted octanol–water partition coefficient (Wildman–Crippen LogP) is 4.20. The van der Waals surface area contributed by atoms with E-state index in [1.54, 1.807) is 16.7 Å². The van der Waals surface area contributed by atoms with Crippen LogP contribution >= 0.6 is 11.8 Å². The van der Waals surface area contributed by atoms with E-state index in [4.69, 9.17) is 0 Å². The van der Waals surface area contributed by atoms with E-state index in [1.165, 1.54) is 34.8 Å². The average Bonchev–Trinajstić information content (AvgIpc) is 3.43. The summed E-state index contributed by atoms with van der Waals surface area (Å²) in [4.78, 5) is 33.2. The van der Waals surface area contributed by atoms with Gasteiger partial charge in [-0.2, -0.15) is 5.10 Å². The molecule has 2 aromatic heterocycles. The standard InChI is InChI=1S/C25H24FN5O2S/c1-16(2)29(14-17-6-4-3-5-7-17)22(32)12-20-15-34-25-28-23-21(24(33)30(20)25)13-27-31(23)19-10-8-18(26)9-11-19/h3-11,13,16,20H,12,14-15H2,1-2H3. The van der Waals surface area contributed by atoms with Crippen LogP contribution in [0.4, 0.5) is 4.39 Å². The van der Waals surface area contributed by atoms with E-state index in [-0.39, 0.29) is 35.8 Å². The number of rotatable bonds is 6. The molecule has 1 unspecified atom stereocenters. The van der Waals surface area contributed by atoms with Gasteiger partial charge in [0.1, 0.15) is 11.2 Å². The molecule has 2 aromatic carbocycles. The van der Waals surface area contributed by atoms with Crippen molar-refractivity contribution in [1.29, 1.82) is 0 Å². The quantitative estimate of drug-likeness (QED) is 0.389. The largest absolute Gasteiger partial charge is 0.336 e. The predicted molar refractivity (Wildman–Crippen MR) is 130 cm³/mol. The lowest BCUT2D eigenvalue weighted by atomic mass is 10.1. The lowest BCUT2D eigenvalue weighted by molar-refractivity contribution is -0.134. The highest BCUT2D eigenvalue weighted by atomic mass is 32.2. The minimum Gasteiger partial charge on any atom is -0.336 e. The van der Waals surface area contributed by atoms with E-state index in [0.29, 0.717) is 34.2 Å². The van der Waals surface area contributed by atoms with Crippen molar-refractivity contribution in [1.82, 2.24) is 24.2 Å². The van der Waals surface area contributed by atoms with E-state index in [2.05, 4.69) is 10.1 Å². The van der Waals surface area contributed by atoms with Crippen molar-refractivity contribution in [2.45, 2.75) is 44.1 Å². The third-order valence-corrected chi connectivity index (χ3v) is 7.09. The molecule has 34 heavy (non-hydrogen) atoms. The molecule has 0 spiro atoms. The van der Waals surface area contributed by atoms with Gasteiger partial charge in [0.2, 0.25) is 5.91 Å². The molecule has 4 aromatic rings. The number of nitrogens with zero attached hydrogens (tertiary/aromatic N) is 5. The van der Waals surface area contributed by atoms with Crippen LogP contribution < -0.4 is 5.56 Å². The Morgan fingerprint density at radius 1 is 1.18 bits per heavy atom. The third kappa shape index (κ3) is 4.11. The van der Waals surface area contributed by atoms with Crippen LogP contribution in [0.1, 0.15) is 31.9 Å². The number of carbonyl (C=O) groups excluding carboxylic acids is 1. The van der Waals surface area contributed by atoms with Gasteiger partial charge in [-0.25, -0.2) is 14.1 Å². The zero-order chi connectivity index (χ0) is 23.8. The normalized spacial score (nSPS) is 15.1. The Bertz CT molecular complexity index is 1400. The Morgan fingerprint density at radius 3 is 2.62 bits per heavy atom. The van der Waals surface area contributed by atoms with Crippen LogP contribution in [-0.4, -0.2) is 41.9 Å². The van der Waals surface area contributed by atoms with Crippen molar-refractivity contribution in [3.63, 3.8) is 0 Å². The van der Waals surface area contributed by atoms with Gasteiger partial charge in [0.05, 0.1) is 17.9 Å². The van der Waals surface area contributed by atoms with E-state index < -0.39 is 0 Å². The SMILES string of the molecule is CC(C)N(Cc1ccccc1)C(=O)CC1CSc2nc3c(cnn3-c3ccc(F)cc3)c(=O)n21. The first-order valence-electron chi connectivity index (χ1n) is 11.1. The fourth-order valence-corrected chi connectivity index (χ4v) is 5.34. The summed E-state index contributed by atoms with van der Waals surface area (Å²) >= 11 is 1.46. The van der Waals surface area contributed by atoms with Crippen LogP contribution in [-0.2, 0) is 11.3 Å². The first-order chi connectivity index (χ1) is 16.4. The number of fused-ring (bicyclic) bond motifs is 2. The second-order valence-electron chi connectivity index (χ2n) is 8.61. The second kappa shape index (κ2) is 9.06. The Labute approximate surface area is 200 Å². The highest BCUT2D eigenvalue weighted by Crippen LogP contribution is 2.34.